The van der Waals surface area contributed by atoms with E-state index in [9.17, 15) is 14.1 Å². The summed E-state index contributed by atoms with van der Waals surface area (Å²) in [5.41, 5.74) is 2.01. The molecule has 0 spiro atoms. The van der Waals surface area contributed by atoms with Crippen LogP contribution >= 0.6 is 0 Å². The van der Waals surface area contributed by atoms with E-state index in [0.29, 0.717) is 34.7 Å². The standard InChI is InChI=1S/C25H27NO6S/c1-30-20-11-8-18(9-12-20)14-15-26-24(28)16-19-10-13-23(31-2)25(22(19)17-27)32-33(29)21-6-4-3-5-7-21/h3-13,27H,14-17H2,1-2H3,(H,26,28). The molecule has 3 rings (SSSR count). The maximum absolute atomic E-state index is 12.7. The van der Waals surface area contributed by atoms with Crippen LogP contribution < -0.4 is 19.0 Å². The van der Waals surface area contributed by atoms with Crippen molar-refractivity contribution in [3.8, 4) is 17.2 Å². The predicted molar refractivity (Wildman–Crippen MR) is 126 cm³/mol. The first-order valence-electron chi connectivity index (χ1n) is 10.4. The first-order chi connectivity index (χ1) is 16.0. The van der Waals surface area contributed by atoms with Gasteiger partial charge in [-0.15, -0.1) is 0 Å². The topological polar surface area (TPSA) is 94.1 Å². The van der Waals surface area contributed by atoms with Gasteiger partial charge in [0.05, 0.1) is 32.1 Å². The minimum absolute atomic E-state index is 0.0385. The van der Waals surface area contributed by atoms with Crippen molar-refractivity contribution in [2.24, 2.45) is 0 Å². The predicted octanol–water partition coefficient (Wildman–Crippen LogP) is 3.20. The molecule has 1 amide bonds. The molecule has 1 unspecified atom stereocenters. The maximum Gasteiger partial charge on any atom is 0.240 e. The van der Waals surface area contributed by atoms with Gasteiger partial charge in [0.25, 0.3) is 0 Å². The molecule has 0 aliphatic carbocycles. The summed E-state index contributed by atoms with van der Waals surface area (Å²) in [5.74, 6) is 1.07. The first-order valence-corrected chi connectivity index (χ1v) is 11.5. The lowest BCUT2D eigenvalue weighted by molar-refractivity contribution is -0.120. The number of nitrogens with one attached hydrogen (secondary N) is 1. The zero-order chi connectivity index (χ0) is 23.6. The second-order valence-corrected chi connectivity index (χ2v) is 8.26. The van der Waals surface area contributed by atoms with E-state index in [1.165, 1.54) is 7.11 Å². The molecule has 0 fully saturated rings. The van der Waals surface area contributed by atoms with Gasteiger partial charge in [0.1, 0.15) is 5.75 Å². The van der Waals surface area contributed by atoms with Crippen molar-refractivity contribution in [1.82, 2.24) is 5.32 Å². The van der Waals surface area contributed by atoms with Gasteiger partial charge in [-0.25, -0.2) is 4.21 Å². The second kappa shape index (κ2) is 12.0. The Labute approximate surface area is 196 Å². The van der Waals surface area contributed by atoms with Crippen molar-refractivity contribution in [1.29, 1.82) is 0 Å². The Kier molecular flexibility index (Phi) is 8.86. The third kappa shape index (κ3) is 6.57. The highest BCUT2D eigenvalue weighted by molar-refractivity contribution is 7.80. The minimum atomic E-state index is -1.81. The Bertz CT molecular complexity index is 1090. The van der Waals surface area contributed by atoms with Crippen molar-refractivity contribution >= 4 is 17.0 Å². The highest BCUT2D eigenvalue weighted by Gasteiger charge is 2.20. The SMILES string of the molecule is COc1ccc(CCNC(=O)Cc2ccc(OC)c(OS(=O)c3ccccc3)c2CO)cc1. The Hall–Kier alpha value is -3.36. The lowest BCUT2D eigenvalue weighted by atomic mass is 10.0. The van der Waals surface area contributed by atoms with Crippen molar-refractivity contribution in [2.75, 3.05) is 20.8 Å². The van der Waals surface area contributed by atoms with Crippen molar-refractivity contribution in [2.45, 2.75) is 24.3 Å². The van der Waals surface area contributed by atoms with Crippen LogP contribution in [0, 0.1) is 0 Å². The minimum Gasteiger partial charge on any atom is -0.497 e. The number of aliphatic hydroxyl groups is 1. The average Bonchev–Trinajstić information content (AvgIpc) is 2.85. The zero-order valence-electron chi connectivity index (χ0n) is 18.6. The van der Waals surface area contributed by atoms with Crippen LogP contribution in [0.3, 0.4) is 0 Å². The molecule has 0 saturated heterocycles. The fourth-order valence-electron chi connectivity index (χ4n) is 3.27. The molecule has 0 radical (unpaired) electrons. The maximum atomic E-state index is 12.7. The third-order valence-corrected chi connectivity index (χ3v) is 6.02. The van der Waals surface area contributed by atoms with Crippen LogP contribution in [-0.2, 0) is 35.3 Å². The lowest BCUT2D eigenvalue weighted by Crippen LogP contribution is -2.27. The number of carbonyl (C=O) groups is 1. The van der Waals surface area contributed by atoms with Crippen LogP contribution in [0.25, 0.3) is 0 Å². The summed E-state index contributed by atoms with van der Waals surface area (Å²) >= 11 is -1.81. The Morgan fingerprint density at radius 3 is 2.33 bits per heavy atom. The number of amides is 1. The third-order valence-electron chi connectivity index (χ3n) is 5.04. The molecule has 7 nitrogen and oxygen atoms in total. The summed E-state index contributed by atoms with van der Waals surface area (Å²) < 4.78 is 28.8. The Morgan fingerprint density at radius 1 is 0.970 bits per heavy atom. The fraction of sp³-hybridized carbons (Fsp3) is 0.240. The summed E-state index contributed by atoms with van der Waals surface area (Å²) in [4.78, 5) is 13.0. The molecule has 2 N–H and O–H groups in total. The second-order valence-electron chi connectivity index (χ2n) is 7.15. The van der Waals surface area contributed by atoms with Gasteiger partial charge in [-0.3, -0.25) is 4.79 Å². The number of hydrogen-bond acceptors (Lipinski definition) is 6. The van der Waals surface area contributed by atoms with E-state index in [1.54, 1.807) is 43.5 Å². The molecule has 8 heteroatoms. The average molecular weight is 470 g/mol. The van der Waals surface area contributed by atoms with Crippen LogP contribution in [0.4, 0.5) is 0 Å². The van der Waals surface area contributed by atoms with Crippen LogP contribution in [0.5, 0.6) is 17.2 Å². The van der Waals surface area contributed by atoms with Gasteiger partial charge in [0.15, 0.2) is 11.5 Å². The van der Waals surface area contributed by atoms with E-state index < -0.39 is 17.7 Å². The molecule has 0 aliphatic heterocycles. The quantitative estimate of drug-likeness (QED) is 0.448. The highest BCUT2D eigenvalue weighted by Crippen LogP contribution is 2.35. The highest BCUT2D eigenvalue weighted by atomic mass is 32.2. The molecule has 1 atom stereocenters. The molecule has 174 valence electrons. The van der Waals surface area contributed by atoms with Gasteiger partial charge in [-0.2, -0.15) is 0 Å². The van der Waals surface area contributed by atoms with E-state index in [2.05, 4.69) is 5.32 Å². The summed E-state index contributed by atoms with van der Waals surface area (Å²) in [7, 11) is 3.07. The number of ether oxygens (including phenoxy) is 2. The summed E-state index contributed by atoms with van der Waals surface area (Å²) in [6.07, 6.45) is 0.715. The molecule has 0 aromatic heterocycles. The fourth-order valence-corrected chi connectivity index (χ4v) is 4.08. The first kappa shape index (κ1) is 24.3. The van der Waals surface area contributed by atoms with E-state index >= 15 is 0 Å². The number of carbonyl (C=O) groups excluding carboxylic acids is 1. The Morgan fingerprint density at radius 2 is 1.70 bits per heavy atom. The van der Waals surface area contributed by atoms with E-state index in [4.69, 9.17) is 13.7 Å². The van der Waals surface area contributed by atoms with Gasteiger partial charge >= 0.3 is 0 Å². The van der Waals surface area contributed by atoms with Crippen molar-refractivity contribution < 1.29 is 27.8 Å². The lowest BCUT2D eigenvalue weighted by Gasteiger charge is -2.16. The summed E-state index contributed by atoms with van der Waals surface area (Å²) in [5, 5.41) is 12.9. The number of aliphatic hydroxyl groups excluding tert-OH is 1. The molecular formula is C25H27NO6S. The van der Waals surface area contributed by atoms with Gasteiger partial charge in [-0.1, -0.05) is 36.4 Å². The Balaban J connectivity index is 1.68. The molecule has 3 aromatic carbocycles. The van der Waals surface area contributed by atoms with Crippen LogP contribution in [-0.4, -0.2) is 36.0 Å². The number of benzene rings is 3. The molecular weight excluding hydrogens is 442 g/mol. The zero-order valence-corrected chi connectivity index (χ0v) is 19.4. The normalized spacial score (nSPS) is 11.5. The van der Waals surface area contributed by atoms with E-state index in [1.807, 2.05) is 30.3 Å². The molecule has 3 aromatic rings. The number of methoxy groups -OCH3 is 2. The summed E-state index contributed by atoms with van der Waals surface area (Å²) in [6.45, 7) is 0.0736. The largest absolute Gasteiger partial charge is 0.497 e. The van der Waals surface area contributed by atoms with Gasteiger partial charge in [0.2, 0.25) is 17.0 Å². The van der Waals surface area contributed by atoms with Gasteiger partial charge in [-0.05, 0) is 47.9 Å². The van der Waals surface area contributed by atoms with Crippen LogP contribution in [0.1, 0.15) is 16.7 Å². The van der Waals surface area contributed by atoms with Gasteiger partial charge < -0.3 is 24.1 Å². The van der Waals surface area contributed by atoms with Gasteiger partial charge in [0, 0.05) is 12.1 Å². The van der Waals surface area contributed by atoms with Crippen LogP contribution in [0.15, 0.2) is 71.6 Å². The van der Waals surface area contributed by atoms with Crippen molar-refractivity contribution in [3.63, 3.8) is 0 Å². The van der Waals surface area contributed by atoms with Crippen molar-refractivity contribution in [3.05, 3.63) is 83.4 Å². The smallest absolute Gasteiger partial charge is 0.240 e. The molecule has 33 heavy (non-hydrogen) atoms. The van der Waals surface area contributed by atoms with E-state index in [-0.39, 0.29) is 18.1 Å². The number of hydrogen-bond donors (Lipinski definition) is 2. The monoisotopic (exact) mass is 469 g/mol. The molecule has 0 saturated carbocycles. The number of rotatable bonds is 11. The molecule has 0 heterocycles. The van der Waals surface area contributed by atoms with Crippen LogP contribution in [0.2, 0.25) is 0 Å². The summed E-state index contributed by atoms with van der Waals surface area (Å²) in [6, 6.07) is 19.7. The molecule has 0 bridgehead atoms. The van der Waals surface area contributed by atoms with E-state index in [0.717, 1.165) is 11.3 Å². The molecule has 0 aliphatic rings.